The predicted octanol–water partition coefficient (Wildman–Crippen LogP) is 15.1. The number of allylic oxidation sites excluding steroid dienone is 4. The van der Waals surface area contributed by atoms with Gasteiger partial charge in [0, 0.05) is 55.0 Å². The van der Waals surface area contributed by atoms with Gasteiger partial charge in [0.15, 0.2) is 17.5 Å². The van der Waals surface area contributed by atoms with E-state index in [0.717, 1.165) is 46.4 Å². The SMILES string of the molecule is CC1(C)c2ccccc2-c2cc3c4cc(-c5ccc6c(c5)c5ccccc5n6-c5ccccc5)ccc4n(-c4cccc(-c5nc(C6=CCCC=C6)nc(-c6ccccc6)n5)c4)c3cc21. The lowest BCUT2D eigenvalue weighted by Gasteiger charge is -2.21. The van der Waals surface area contributed by atoms with Crippen molar-refractivity contribution in [3.8, 4) is 56.4 Å². The van der Waals surface area contributed by atoms with Gasteiger partial charge in [0.2, 0.25) is 0 Å². The van der Waals surface area contributed by atoms with Crippen molar-refractivity contribution in [3.63, 3.8) is 0 Å². The van der Waals surface area contributed by atoms with Gasteiger partial charge in [-0.1, -0.05) is 147 Å². The van der Waals surface area contributed by atoms with E-state index in [1.54, 1.807) is 0 Å². The Bertz CT molecular complexity index is 3790. The molecule has 0 atom stereocenters. The second-order valence-electron chi connectivity index (χ2n) is 17.9. The minimum Gasteiger partial charge on any atom is -0.309 e. The van der Waals surface area contributed by atoms with Crippen LogP contribution in [0, 0.1) is 0 Å². The Morgan fingerprint density at radius 1 is 0.400 bits per heavy atom. The van der Waals surface area contributed by atoms with Gasteiger partial charge < -0.3 is 9.13 Å². The fourth-order valence-electron chi connectivity index (χ4n) is 10.6. The van der Waals surface area contributed by atoms with Crippen molar-refractivity contribution in [2.75, 3.05) is 0 Å². The van der Waals surface area contributed by atoms with Gasteiger partial charge in [-0.25, -0.2) is 15.0 Å². The zero-order chi connectivity index (χ0) is 43.2. The third-order valence-electron chi connectivity index (χ3n) is 13.8. The summed E-state index contributed by atoms with van der Waals surface area (Å²) in [7, 11) is 0. The molecule has 0 spiro atoms. The summed E-state index contributed by atoms with van der Waals surface area (Å²) in [5.41, 5.74) is 17.4. The summed E-state index contributed by atoms with van der Waals surface area (Å²) >= 11 is 0. The second kappa shape index (κ2) is 14.4. The predicted molar refractivity (Wildman–Crippen MR) is 269 cm³/mol. The molecule has 0 aliphatic heterocycles. The molecule has 0 N–H and O–H groups in total. The van der Waals surface area contributed by atoms with Crippen molar-refractivity contribution in [1.82, 2.24) is 24.1 Å². The van der Waals surface area contributed by atoms with Gasteiger partial charge in [-0.15, -0.1) is 0 Å². The van der Waals surface area contributed by atoms with Crippen LogP contribution in [0.25, 0.3) is 106 Å². The van der Waals surface area contributed by atoms with Crippen molar-refractivity contribution >= 4 is 49.2 Å². The molecule has 0 unspecified atom stereocenters. The van der Waals surface area contributed by atoms with Crippen LogP contribution in [0.3, 0.4) is 0 Å². The molecule has 11 aromatic rings. The summed E-state index contributed by atoms with van der Waals surface area (Å²) in [6.45, 7) is 4.72. The average molecular weight is 834 g/mol. The Morgan fingerprint density at radius 2 is 1.00 bits per heavy atom. The number of rotatable bonds is 6. The van der Waals surface area contributed by atoms with E-state index < -0.39 is 0 Å². The number of aromatic nitrogens is 5. The van der Waals surface area contributed by atoms with Gasteiger partial charge in [0.25, 0.3) is 0 Å². The van der Waals surface area contributed by atoms with Crippen LogP contribution in [0.5, 0.6) is 0 Å². The minimum atomic E-state index is -0.153. The number of fused-ring (bicyclic) bond motifs is 9. The van der Waals surface area contributed by atoms with Gasteiger partial charge in [0.1, 0.15) is 0 Å². The molecule has 13 rings (SSSR count). The molecular weight excluding hydrogens is 791 g/mol. The fourth-order valence-corrected chi connectivity index (χ4v) is 10.6. The zero-order valence-electron chi connectivity index (χ0n) is 36.2. The van der Waals surface area contributed by atoms with E-state index in [9.17, 15) is 0 Å². The number of para-hydroxylation sites is 2. The minimum absolute atomic E-state index is 0.153. The Labute approximate surface area is 377 Å². The van der Waals surface area contributed by atoms with Crippen LogP contribution in [0.15, 0.2) is 200 Å². The molecule has 0 saturated heterocycles. The van der Waals surface area contributed by atoms with Crippen molar-refractivity contribution in [2.45, 2.75) is 32.1 Å². The Morgan fingerprint density at radius 3 is 1.77 bits per heavy atom. The first-order valence-corrected chi connectivity index (χ1v) is 22.6. The number of nitrogens with zero attached hydrogens (tertiary/aromatic N) is 5. The number of benzene rings is 8. The summed E-state index contributed by atoms with van der Waals surface area (Å²) in [4.78, 5) is 15.3. The molecule has 0 fully saturated rings. The molecule has 0 radical (unpaired) electrons. The van der Waals surface area contributed by atoms with Gasteiger partial charge in [-0.3, -0.25) is 0 Å². The zero-order valence-corrected chi connectivity index (χ0v) is 36.2. The van der Waals surface area contributed by atoms with Crippen LogP contribution in [0.1, 0.15) is 43.6 Å². The largest absolute Gasteiger partial charge is 0.309 e. The maximum atomic E-state index is 5.14. The molecule has 5 nitrogen and oxygen atoms in total. The van der Waals surface area contributed by atoms with Crippen molar-refractivity contribution < 1.29 is 0 Å². The van der Waals surface area contributed by atoms with Crippen LogP contribution in [-0.4, -0.2) is 24.1 Å². The second-order valence-corrected chi connectivity index (χ2v) is 17.9. The molecule has 2 aliphatic rings. The lowest BCUT2D eigenvalue weighted by molar-refractivity contribution is 0.661. The highest BCUT2D eigenvalue weighted by atomic mass is 15.0. The molecule has 8 aromatic carbocycles. The van der Waals surface area contributed by atoms with E-state index >= 15 is 0 Å². The highest BCUT2D eigenvalue weighted by molar-refractivity contribution is 6.14. The molecule has 3 heterocycles. The molecule has 308 valence electrons. The van der Waals surface area contributed by atoms with Crippen molar-refractivity contribution in [2.24, 2.45) is 0 Å². The molecule has 2 aliphatic carbocycles. The molecular formula is C60H43N5. The van der Waals surface area contributed by atoms with E-state index in [4.69, 9.17) is 15.0 Å². The lowest BCUT2D eigenvalue weighted by Crippen LogP contribution is -2.14. The first-order valence-electron chi connectivity index (χ1n) is 22.6. The number of hydrogen-bond donors (Lipinski definition) is 0. The third kappa shape index (κ3) is 5.89. The third-order valence-corrected chi connectivity index (χ3v) is 13.8. The fraction of sp³-hybridized carbons (Fsp3) is 0.0833. The monoisotopic (exact) mass is 833 g/mol. The van der Waals surface area contributed by atoms with E-state index in [-0.39, 0.29) is 5.41 Å². The maximum absolute atomic E-state index is 5.14. The standard InChI is InChI=1S/C60H43N5/c1-60(2)51-27-14-12-25-45(51)47-36-50-49-35-41(40-29-31-54-48(34-40)46-26-13-15-28-53(46)64(54)43-22-10-5-11-23-43)30-32-55(49)65(56(50)37-52(47)60)44-24-16-21-42(33-44)59-62-57(38-17-6-3-7-18-38)61-58(63-59)39-19-8-4-9-20-39/h3,5-8,10-37H,4,9H2,1-2H3. The van der Waals surface area contributed by atoms with Crippen LogP contribution in [-0.2, 0) is 5.41 Å². The summed E-state index contributed by atoms with van der Waals surface area (Å²) in [5, 5.41) is 4.93. The molecule has 65 heavy (non-hydrogen) atoms. The summed E-state index contributed by atoms with van der Waals surface area (Å²) in [6.07, 6.45) is 8.57. The van der Waals surface area contributed by atoms with E-state index in [2.05, 4.69) is 205 Å². The van der Waals surface area contributed by atoms with Gasteiger partial charge in [0.05, 0.1) is 22.1 Å². The van der Waals surface area contributed by atoms with Crippen molar-refractivity contribution in [3.05, 3.63) is 217 Å². The van der Waals surface area contributed by atoms with Crippen LogP contribution >= 0.6 is 0 Å². The van der Waals surface area contributed by atoms with Gasteiger partial charge in [-0.05, 0) is 113 Å². The van der Waals surface area contributed by atoms with E-state index in [1.165, 1.54) is 71.5 Å². The molecule has 0 saturated carbocycles. The quantitative estimate of drug-likeness (QED) is 0.168. The Balaban J connectivity index is 1.02. The molecule has 0 bridgehead atoms. The number of hydrogen-bond acceptors (Lipinski definition) is 3. The first kappa shape index (κ1) is 37.4. The molecule has 5 heteroatoms. The van der Waals surface area contributed by atoms with Gasteiger partial charge >= 0.3 is 0 Å². The van der Waals surface area contributed by atoms with E-state index in [0.29, 0.717) is 17.5 Å². The lowest BCUT2D eigenvalue weighted by atomic mass is 9.82. The molecule has 0 amide bonds. The van der Waals surface area contributed by atoms with Crippen molar-refractivity contribution in [1.29, 1.82) is 0 Å². The molecule has 3 aromatic heterocycles. The highest BCUT2D eigenvalue weighted by Crippen LogP contribution is 2.51. The van der Waals surface area contributed by atoms with Crippen LogP contribution < -0.4 is 0 Å². The highest BCUT2D eigenvalue weighted by Gasteiger charge is 2.36. The van der Waals surface area contributed by atoms with E-state index in [1.807, 2.05) is 18.2 Å². The average Bonchev–Trinajstić information content (AvgIpc) is 3.96. The topological polar surface area (TPSA) is 48.5 Å². The first-order chi connectivity index (χ1) is 32.0. The smallest absolute Gasteiger partial charge is 0.164 e. The summed E-state index contributed by atoms with van der Waals surface area (Å²) in [6, 6.07) is 66.2. The Kier molecular flexibility index (Phi) is 8.31. The normalized spacial score (nSPS) is 14.0. The van der Waals surface area contributed by atoms with Crippen LogP contribution in [0.4, 0.5) is 0 Å². The van der Waals surface area contributed by atoms with Gasteiger partial charge in [-0.2, -0.15) is 0 Å². The summed E-state index contributed by atoms with van der Waals surface area (Å²) < 4.78 is 4.82. The maximum Gasteiger partial charge on any atom is 0.164 e. The van der Waals surface area contributed by atoms with Crippen LogP contribution in [0.2, 0.25) is 0 Å². The Hall–Kier alpha value is -8.15. The summed E-state index contributed by atoms with van der Waals surface area (Å²) in [5.74, 6) is 2.01.